The number of halogens is 1. The van der Waals surface area contributed by atoms with Crippen LogP contribution in [0.3, 0.4) is 0 Å². The monoisotopic (exact) mass is 421 g/mol. The average molecular weight is 422 g/mol. The third-order valence-corrected chi connectivity index (χ3v) is 6.29. The maximum Gasteiger partial charge on any atom is 0.230 e. The summed E-state index contributed by atoms with van der Waals surface area (Å²) in [5, 5.41) is 3.19. The molecular formula is C20H28BrN3O2. The first-order valence-electron chi connectivity index (χ1n) is 9.53. The Morgan fingerprint density at radius 1 is 1.15 bits per heavy atom. The Kier molecular flexibility index (Phi) is 6.35. The lowest BCUT2D eigenvalue weighted by molar-refractivity contribution is -0.130. The van der Waals surface area contributed by atoms with Crippen molar-refractivity contribution in [3.05, 3.63) is 34.3 Å². The predicted octanol–water partition coefficient (Wildman–Crippen LogP) is 2.54. The summed E-state index contributed by atoms with van der Waals surface area (Å²) in [4.78, 5) is 28.7. The highest BCUT2D eigenvalue weighted by Gasteiger charge is 2.42. The number of amides is 2. The number of benzene rings is 1. The molecule has 3 rings (SSSR count). The van der Waals surface area contributed by atoms with Gasteiger partial charge < -0.3 is 10.2 Å². The van der Waals surface area contributed by atoms with Gasteiger partial charge in [0.2, 0.25) is 11.8 Å². The van der Waals surface area contributed by atoms with Gasteiger partial charge in [0.15, 0.2) is 0 Å². The maximum atomic E-state index is 13.1. The lowest BCUT2D eigenvalue weighted by Crippen LogP contribution is -2.50. The first-order valence-corrected chi connectivity index (χ1v) is 10.3. The minimum Gasteiger partial charge on any atom is -0.354 e. The van der Waals surface area contributed by atoms with Crippen LogP contribution < -0.4 is 5.32 Å². The second-order valence-electron chi connectivity index (χ2n) is 7.40. The van der Waals surface area contributed by atoms with Crippen molar-refractivity contribution in [3.8, 4) is 0 Å². The molecule has 2 aliphatic rings. The highest BCUT2D eigenvalue weighted by Crippen LogP contribution is 2.42. The Labute approximate surface area is 164 Å². The van der Waals surface area contributed by atoms with Gasteiger partial charge in [-0.2, -0.15) is 0 Å². The van der Waals surface area contributed by atoms with Crippen molar-refractivity contribution in [1.82, 2.24) is 15.1 Å². The van der Waals surface area contributed by atoms with Crippen LogP contribution in [0.5, 0.6) is 0 Å². The summed E-state index contributed by atoms with van der Waals surface area (Å²) in [6.45, 7) is 6.45. The van der Waals surface area contributed by atoms with Crippen LogP contribution in [0, 0.1) is 0 Å². The molecule has 1 saturated carbocycles. The van der Waals surface area contributed by atoms with Gasteiger partial charge in [0.1, 0.15) is 0 Å². The molecule has 0 aromatic heterocycles. The highest BCUT2D eigenvalue weighted by molar-refractivity contribution is 9.10. The van der Waals surface area contributed by atoms with Crippen LogP contribution in [0.1, 0.15) is 38.2 Å². The molecule has 1 saturated heterocycles. The van der Waals surface area contributed by atoms with Crippen LogP contribution >= 0.6 is 15.9 Å². The van der Waals surface area contributed by atoms with E-state index in [4.69, 9.17) is 0 Å². The molecule has 1 aromatic rings. The van der Waals surface area contributed by atoms with Gasteiger partial charge in [-0.25, -0.2) is 0 Å². The van der Waals surface area contributed by atoms with Crippen molar-refractivity contribution in [3.63, 3.8) is 0 Å². The fourth-order valence-corrected chi connectivity index (χ4v) is 4.59. The largest absolute Gasteiger partial charge is 0.354 e. The second kappa shape index (κ2) is 8.53. The van der Waals surface area contributed by atoms with E-state index in [0.717, 1.165) is 68.4 Å². The van der Waals surface area contributed by atoms with Gasteiger partial charge in [0, 0.05) is 50.7 Å². The van der Waals surface area contributed by atoms with Crippen molar-refractivity contribution >= 4 is 27.7 Å². The number of hydrogen-bond acceptors (Lipinski definition) is 3. The van der Waals surface area contributed by atoms with Gasteiger partial charge in [-0.3, -0.25) is 14.5 Å². The van der Waals surface area contributed by atoms with Crippen LogP contribution in [-0.2, 0) is 15.0 Å². The molecule has 0 radical (unpaired) electrons. The molecule has 0 unspecified atom stereocenters. The summed E-state index contributed by atoms with van der Waals surface area (Å²) < 4.78 is 1.03. The molecule has 0 atom stereocenters. The molecule has 1 aliphatic heterocycles. The standard InChI is InChI=1S/C20H28BrN3O2/c1-16(25)24-13-11-23(12-14-24)10-9-22-19(26)20(7-2-3-8-20)17-5-4-6-18(21)15-17/h4-6,15H,2-3,7-14H2,1H3,(H,22,26). The first-order chi connectivity index (χ1) is 12.5. The van der Waals surface area contributed by atoms with E-state index < -0.39 is 0 Å². The molecule has 1 N–H and O–H groups in total. The molecule has 5 nitrogen and oxygen atoms in total. The topological polar surface area (TPSA) is 52.7 Å². The van der Waals surface area contributed by atoms with Crippen molar-refractivity contribution in [2.45, 2.75) is 38.0 Å². The molecule has 0 spiro atoms. The van der Waals surface area contributed by atoms with Crippen molar-refractivity contribution in [2.24, 2.45) is 0 Å². The van der Waals surface area contributed by atoms with E-state index in [1.165, 1.54) is 0 Å². The van der Waals surface area contributed by atoms with Crippen molar-refractivity contribution < 1.29 is 9.59 Å². The number of carbonyl (C=O) groups excluding carboxylic acids is 2. The fraction of sp³-hybridized carbons (Fsp3) is 0.600. The van der Waals surface area contributed by atoms with E-state index in [2.05, 4.69) is 38.3 Å². The number of rotatable bonds is 5. The minimum atomic E-state index is -0.378. The van der Waals surface area contributed by atoms with Gasteiger partial charge in [-0.1, -0.05) is 40.9 Å². The van der Waals surface area contributed by atoms with Crippen molar-refractivity contribution in [1.29, 1.82) is 0 Å². The van der Waals surface area contributed by atoms with Gasteiger partial charge >= 0.3 is 0 Å². The molecule has 1 aliphatic carbocycles. The zero-order chi connectivity index (χ0) is 18.6. The molecule has 1 aromatic carbocycles. The lowest BCUT2D eigenvalue weighted by Gasteiger charge is -2.34. The molecule has 26 heavy (non-hydrogen) atoms. The van der Waals surface area contributed by atoms with Gasteiger partial charge in [-0.15, -0.1) is 0 Å². The van der Waals surface area contributed by atoms with Crippen LogP contribution in [0.25, 0.3) is 0 Å². The highest BCUT2D eigenvalue weighted by atomic mass is 79.9. The molecule has 142 valence electrons. The van der Waals surface area contributed by atoms with E-state index >= 15 is 0 Å². The SMILES string of the molecule is CC(=O)N1CCN(CCNC(=O)C2(c3cccc(Br)c3)CCCC2)CC1. The third kappa shape index (κ3) is 4.29. The zero-order valence-electron chi connectivity index (χ0n) is 15.5. The van der Waals surface area contributed by atoms with Crippen LogP contribution in [-0.4, -0.2) is 60.9 Å². The molecule has 6 heteroatoms. The molecule has 2 amide bonds. The summed E-state index contributed by atoms with van der Waals surface area (Å²) in [5.41, 5.74) is 0.744. The third-order valence-electron chi connectivity index (χ3n) is 5.80. The van der Waals surface area contributed by atoms with E-state index in [9.17, 15) is 9.59 Å². The minimum absolute atomic E-state index is 0.148. The molecule has 0 bridgehead atoms. The molecule has 2 fully saturated rings. The summed E-state index contributed by atoms with van der Waals surface area (Å²) in [6.07, 6.45) is 4.05. The summed E-state index contributed by atoms with van der Waals surface area (Å²) in [6, 6.07) is 8.19. The van der Waals surface area contributed by atoms with E-state index in [0.29, 0.717) is 6.54 Å². The maximum absolute atomic E-state index is 13.1. The predicted molar refractivity (Wildman–Crippen MR) is 106 cm³/mol. The van der Waals surface area contributed by atoms with Gasteiger partial charge in [0.25, 0.3) is 0 Å². The van der Waals surface area contributed by atoms with Crippen molar-refractivity contribution in [2.75, 3.05) is 39.3 Å². The molecule has 1 heterocycles. The Balaban J connectivity index is 1.54. The van der Waals surface area contributed by atoms with E-state index in [1.807, 2.05) is 17.0 Å². The fourth-order valence-electron chi connectivity index (χ4n) is 4.19. The first kappa shape index (κ1) is 19.4. The number of carbonyl (C=O) groups is 2. The van der Waals surface area contributed by atoms with E-state index in [1.54, 1.807) is 6.92 Å². The lowest BCUT2D eigenvalue weighted by atomic mass is 9.78. The second-order valence-corrected chi connectivity index (χ2v) is 8.32. The zero-order valence-corrected chi connectivity index (χ0v) is 17.1. The summed E-state index contributed by atoms with van der Waals surface area (Å²) in [5.74, 6) is 0.311. The average Bonchev–Trinajstić information content (AvgIpc) is 3.13. The Bertz CT molecular complexity index is 650. The normalized spacial score (nSPS) is 20.2. The number of piperazine rings is 1. The quantitative estimate of drug-likeness (QED) is 0.794. The Hall–Kier alpha value is -1.40. The summed E-state index contributed by atoms with van der Waals surface area (Å²) >= 11 is 3.54. The number of nitrogens with one attached hydrogen (secondary N) is 1. The van der Waals surface area contributed by atoms with Gasteiger partial charge in [-0.05, 0) is 30.5 Å². The van der Waals surface area contributed by atoms with Crippen LogP contribution in [0.4, 0.5) is 0 Å². The number of hydrogen-bond donors (Lipinski definition) is 1. The Morgan fingerprint density at radius 3 is 2.46 bits per heavy atom. The molecular weight excluding hydrogens is 394 g/mol. The smallest absolute Gasteiger partial charge is 0.230 e. The number of nitrogens with zero attached hydrogens (tertiary/aromatic N) is 2. The van der Waals surface area contributed by atoms with E-state index in [-0.39, 0.29) is 17.2 Å². The van der Waals surface area contributed by atoms with Crippen LogP contribution in [0.2, 0.25) is 0 Å². The Morgan fingerprint density at radius 2 is 1.85 bits per heavy atom. The van der Waals surface area contributed by atoms with Crippen LogP contribution in [0.15, 0.2) is 28.7 Å². The van der Waals surface area contributed by atoms with Gasteiger partial charge in [0.05, 0.1) is 5.41 Å². The summed E-state index contributed by atoms with van der Waals surface area (Å²) in [7, 11) is 0.